The second-order valence-electron chi connectivity index (χ2n) is 13.0. The highest BCUT2D eigenvalue weighted by molar-refractivity contribution is 5.91. The highest BCUT2D eigenvalue weighted by atomic mass is 16.5. The van der Waals surface area contributed by atoms with Gasteiger partial charge in [0.15, 0.2) is 0 Å². The molecule has 1 aromatic heterocycles. The monoisotopic (exact) mass is 671 g/mol. The molecule has 0 radical (unpaired) electrons. The van der Waals surface area contributed by atoms with Gasteiger partial charge in [0, 0.05) is 31.2 Å². The smallest absolute Gasteiger partial charge is 0.350 e. The van der Waals surface area contributed by atoms with Gasteiger partial charge in [-0.05, 0) is 98.5 Å². The van der Waals surface area contributed by atoms with Gasteiger partial charge in [0.05, 0.1) is 23.9 Å². The third-order valence-electron chi connectivity index (χ3n) is 9.84. The van der Waals surface area contributed by atoms with Gasteiger partial charge in [-0.25, -0.2) is 18.8 Å². The number of carbonyl (C=O) groups is 2. The number of rotatable bonds is 12. The summed E-state index contributed by atoms with van der Waals surface area (Å²) in [5, 5.41) is 7.59. The molecule has 0 aliphatic carbocycles. The lowest BCUT2D eigenvalue weighted by molar-refractivity contribution is -0.127. The van der Waals surface area contributed by atoms with Gasteiger partial charge in [0.2, 0.25) is 5.91 Å². The number of nitrogens with one attached hydrogen (secondary N) is 1. The lowest BCUT2D eigenvalue weighted by Crippen LogP contribution is -2.42. The molecule has 2 atom stereocenters. The van der Waals surface area contributed by atoms with E-state index in [2.05, 4.69) is 39.6 Å². The van der Waals surface area contributed by atoms with Crippen molar-refractivity contribution in [2.75, 3.05) is 24.6 Å². The fourth-order valence-electron chi connectivity index (χ4n) is 6.89. The average molecular weight is 672 g/mol. The van der Waals surface area contributed by atoms with E-state index in [9.17, 15) is 14.4 Å². The molecule has 0 bridgehead atoms. The van der Waals surface area contributed by atoms with Crippen LogP contribution < -0.4 is 15.9 Å². The van der Waals surface area contributed by atoms with Gasteiger partial charge in [0.25, 0.3) is 0 Å². The maximum absolute atomic E-state index is 13.8. The zero-order valence-electron chi connectivity index (χ0n) is 29.0. The lowest BCUT2D eigenvalue weighted by Gasteiger charge is -2.37. The Morgan fingerprint density at radius 1 is 0.880 bits per heavy atom. The van der Waals surface area contributed by atoms with E-state index in [1.54, 1.807) is 17.8 Å². The molecule has 50 heavy (non-hydrogen) atoms. The molecule has 1 N–H and O–H groups in total. The Morgan fingerprint density at radius 3 is 2.22 bits per heavy atom. The molecule has 1 aliphatic heterocycles. The summed E-state index contributed by atoms with van der Waals surface area (Å²) < 4.78 is 8.31. The van der Waals surface area contributed by atoms with E-state index in [0.29, 0.717) is 25.1 Å². The number of esters is 1. The Balaban J connectivity index is 1.11. The minimum Gasteiger partial charge on any atom is -0.462 e. The molecule has 4 aromatic carbocycles. The predicted molar refractivity (Wildman–Crippen MR) is 196 cm³/mol. The number of piperidine rings is 1. The van der Waals surface area contributed by atoms with Gasteiger partial charge in [-0.2, -0.15) is 5.10 Å². The van der Waals surface area contributed by atoms with Crippen LogP contribution in [0.15, 0.2) is 114 Å². The molecule has 0 saturated carbocycles. The molecule has 9 heteroatoms. The standard InChI is InChI=1S/C41H45N5O4/c1-4-50-40(48)37-26-32(16-15-29(37)2)27-42-39(47)38(25-31-11-7-5-8-12-31)34-21-23-44(24-22-34)35-17-19-36(20-18-35)45-28-43-46(41(45)49)30(3)33-13-9-6-10-14-33/h5-20,26,28,30,34,38H,4,21-25,27H2,1-3H3,(H,42,47). The van der Waals surface area contributed by atoms with Crippen molar-refractivity contribution in [1.82, 2.24) is 19.7 Å². The fourth-order valence-corrected chi connectivity index (χ4v) is 6.89. The molecule has 1 fully saturated rings. The van der Waals surface area contributed by atoms with Crippen LogP contribution in [0.4, 0.5) is 5.69 Å². The molecule has 0 spiro atoms. The van der Waals surface area contributed by atoms with Crippen LogP contribution in [0.5, 0.6) is 0 Å². The maximum Gasteiger partial charge on any atom is 0.350 e. The number of benzene rings is 4. The van der Waals surface area contributed by atoms with Crippen LogP contribution >= 0.6 is 0 Å². The van der Waals surface area contributed by atoms with Crippen LogP contribution in [-0.4, -0.2) is 45.9 Å². The summed E-state index contributed by atoms with van der Waals surface area (Å²) in [4.78, 5) is 41.9. The van der Waals surface area contributed by atoms with E-state index in [1.165, 1.54) is 4.68 Å². The minimum atomic E-state index is -0.347. The molecular weight excluding hydrogens is 626 g/mol. The Bertz CT molecular complexity index is 1940. The average Bonchev–Trinajstić information content (AvgIpc) is 3.54. The number of hydrogen-bond acceptors (Lipinski definition) is 6. The van der Waals surface area contributed by atoms with E-state index in [1.807, 2.05) is 92.7 Å². The number of anilines is 1. The first-order valence-electron chi connectivity index (χ1n) is 17.5. The second kappa shape index (κ2) is 15.8. The third kappa shape index (κ3) is 7.88. The van der Waals surface area contributed by atoms with Crippen LogP contribution in [-0.2, 0) is 22.5 Å². The van der Waals surface area contributed by atoms with Crippen molar-refractivity contribution in [2.45, 2.75) is 52.6 Å². The van der Waals surface area contributed by atoms with Crippen molar-refractivity contribution in [3.8, 4) is 5.69 Å². The summed E-state index contributed by atoms with van der Waals surface area (Å²) in [6, 6.07) is 33.6. The van der Waals surface area contributed by atoms with Gasteiger partial charge in [0.1, 0.15) is 6.33 Å². The van der Waals surface area contributed by atoms with Gasteiger partial charge in [-0.1, -0.05) is 72.8 Å². The van der Waals surface area contributed by atoms with Crippen molar-refractivity contribution in [1.29, 1.82) is 0 Å². The molecule has 1 amide bonds. The molecule has 9 nitrogen and oxygen atoms in total. The Hall–Kier alpha value is -5.44. The predicted octanol–water partition coefficient (Wildman–Crippen LogP) is 6.52. The zero-order valence-corrected chi connectivity index (χ0v) is 29.0. The van der Waals surface area contributed by atoms with Crippen LogP contribution in [0, 0.1) is 18.8 Å². The number of amides is 1. The van der Waals surface area contributed by atoms with Crippen molar-refractivity contribution in [3.05, 3.63) is 148 Å². The molecule has 5 aromatic rings. The van der Waals surface area contributed by atoms with E-state index in [4.69, 9.17) is 4.74 Å². The summed E-state index contributed by atoms with van der Waals surface area (Å²) in [5.74, 6) is -0.282. The number of aromatic nitrogens is 3. The molecule has 6 rings (SSSR count). The highest BCUT2D eigenvalue weighted by Gasteiger charge is 2.32. The Labute approximate surface area is 293 Å². The second-order valence-corrected chi connectivity index (χ2v) is 13.0. The lowest BCUT2D eigenvalue weighted by atomic mass is 9.80. The van der Waals surface area contributed by atoms with E-state index in [0.717, 1.165) is 59.6 Å². The minimum absolute atomic E-state index is 0.0301. The van der Waals surface area contributed by atoms with Crippen molar-refractivity contribution >= 4 is 17.6 Å². The molecule has 2 heterocycles. The largest absolute Gasteiger partial charge is 0.462 e. The first-order valence-corrected chi connectivity index (χ1v) is 17.5. The topological polar surface area (TPSA) is 98.5 Å². The van der Waals surface area contributed by atoms with Crippen LogP contribution in [0.2, 0.25) is 0 Å². The third-order valence-corrected chi connectivity index (χ3v) is 9.84. The van der Waals surface area contributed by atoms with Crippen LogP contribution in [0.25, 0.3) is 5.69 Å². The summed E-state index contributed by atoms with van der Waals surface area (Å²) >= 11 is 0. The normalized spacial score (nSPS) is 14.6. The van der Waals surface area contributed by atoms with Gasteiger partial charge in [-0.3, -0.25) is 4.79 Å². The van der Waals surface area contributed by atoms with E-state index >= 15 is 0 Å². The molecule has 258 valence electrons. The SMILES string of the molecule is CCOC(=O)c1cc(CNC(=O)C(Cc2ccccc2)C2CCN(c3ccc(-n4cnn(C(C)c5ccccc5)c4=O)cc3)CC2)ccc1C. The summed E-state index contributed by atoms with van der Waals surface area (Å²) in [6.45, 7) is 7.96. The van der Waals surface area contributed by atoms with Crippen molar-refractivity contribution in [3.63, 3.8) is 0 Å². The van der Waals surface area contributed by atoms with Gasteiger partial charge in [-0.15, -0.1) is 0 Å². The Morgan fingerprint density at radius 2 is 1.54 bits per heavy atom. The quantitative estimate of drug-likeness (QED) is 0.152. The maximum atomic E-state index is 13.8. The number of carbonyl (C=O) groups excluding carboxylic acids is 2. The number of hydrogen-bond donors (Lipinski definition) is 1. The van der Waals surface area contributed by atoms with Crippen LogP contribution in [0.1, 0.15) is 65.3 Å². The van der Waals surface area contributed by atoms with Crippen molar-refractivity contribution in [2.24, 2.45) is 11.8 Å². The fraction of sp³-hybridized carbons (Fsp3) is 0.317. The summed E-state index contributed by atoms with van der Waals surface area (Å²) in [5.41, 5.74) is 6.08. The van der Waals surface area contributed by atoms with Crippen molar-refractivity contribution < 1.29 is 14.3 Å². The summed E-state index contributed by atoms with van der Waals surface area (Å²) in [6.07, 6.45) is 4.01. The molecule has 2 unspecified atom stereocenters. The first-order chi connectivity index (χ1) is 24.3. The molecule has 1 saturated heterocycles. The molecule has 1 aliphatic rings. The number of nitrogens with zero attached hydrogens (tertiary/aromatic N) is 4. The summed E-state index contributed by atoms with van der Waals surface area (Å²) in [7, 11) is 0. The number of ether oxygens (including phenoxy) is 1. The molecular formula is C41H45N5O4. The van der Waals surface area contributed by atoms with Gasteiger partial charge >= 0.3 is 11.7 Å². The Kier molecular flexibility index (Phi) is 10.9. The van der Waals surface area contributed by atoms with Crippen LogP contribution in [0.3, 0.4) is 0 Å². The zero-order chi connectivity index (χ0) is 35.0. The van der Waals surface area contributed by atoms with Gasteiger partial charge < -0.3 is 15.0 Å². The van der Waals surface area contributed by atoms with E-state index in [-0.39, 0.29) is 35.4 Å². The van der Waals surface area contributed by atoms with E-state index < -0.39 is 0 Å². The first kappa shape index (κ1) is 34.4. The highest BCUT2D eigenvalue weighted by Crippen LogP contribution is 2.31. The number of aryl methyl sites for hydroxylation is 1.